The summed E-state index contributed by atoms with van der Waals surface area (Å²) in [5, 5.41) is 42.4. The highest BCUT2D eigenvalue weighted by Crippen LogP contribution is 2.47. The number of hydrogen-bond donors (Lipinski definition) is 4. The summed E-state index contributed by atoms with van der Waals surface area (Å²) in [6, 6.07) is 0. The number of ether oxygens (including phenoxy) is 4. The van der Waals surface area contributed by atoms with E-state index in [1.807, 2.05) is 33.8 Å². The van der Waals surface area contributed by atoms with E-state index in [9.17, 15) is 30.0 Å². The molecule has 3 fully saturated rings. The summed E-state index contributed by atoms with van der Waals surface area (Å²) in [6.45, 7) is 17.8. The topological polar surface area (TPSA) is 152 Å². The number of aliphatic carboxylic acids is 1. The van der Waals surface area contributed by atoms with Crippen LogP contribution in [0.5, 0.6) is 0 Å². The molecule has 0 bridgehead atoms. The molecular weight excluding hydrogens is 628 g/mol. The predicted molar refractivity (Wildman–Crippen MR) is 186 cm³/mol. The average Bonchev–Trinajstić information content (AvgIpc) is 3.04. The summed E-state index contributed by atoms with van der Waals surface area (Å²) in [5.74, 6) is -3.04. The Kier molecular flexibility index (Phi) is 13.6. The third-order valence-corrected chi connectivity index (χ3v) is 12.6. The number of aliphatic hydroxyl groups excluding tert-OH is 2. The smallest absolute Gasteiger partial charge is 0.305 e. The normalized spacial score (nSPS) is 42.2. The number of carbonyl (C=O) groups excluding carboxylic acids is 1. The number of Topliss-reactive ketones (excluding diaryl/α,β-unsaturated/α-hetero) is 1. The number of carbonyl (C=O) groups is 2. The van der Waals surface area contributed by atoms with E-state index in [4.69, 9.17) is 18.9 Å². The molecule has 3 saturated heterocycles. The molecule has 0 saturated carbocycles. The molecule has 0 radical (unpaired) electrons. The zero-order valence-electron chi connectivity index (χ0n) is 31.4. The van der Waals surface area contributed by atoms with E-state index in [1.165, 1.54) is 0 Å². The first-order valence-electron chi connectivity index (χ1n) is 19.1. The second-order valence-corrected chi connectivity index (χ2v) is 16.6. The summed E-state index contributed by atoms with van der Waals surface area (Å²) < 4.78 is 26.0. The number of ketones is 1. The molecule has 4 aliphatic heterocycles. The first-order chi connectivity index (χ1) is 22.9. The summed E-state index contributed by atoms with van der Waals surface area (Å²) in [4.78, 5) is 25.6. The minimum Gasteiger partial charge on any atom is -0.481 e. The predicted octanol–water partition coefficient (Wildman–Crippen LogP) is 5.68. The number of hydrogen-bond acceptors (Lipinski definition) is 9. The van der Waals surface area contributed by atoms with Crippen LogP contribution in [0.1, 0.15) is 120 Å². The zero-order chi connectivity index (χ0) is 36.4. The number of aliphatic hydroxyl groups is 3. The van der Waals surface area contributed by atoms with E-state index in [0.717, 1.165) is 12.8 Å². The maximum absolute atomic E-state index is 14.2. The monoisotopic (exact) mass is 694 g/mol. The molecule has 0 aromatic rings. The second kappa shape index (κ2) is 16.5. The van der Waals surface area contributed by atoms with Crippen molar-refractivity contribution in [2.75, 3.05) is 0 Å². The van der Waals surface area contributed by atoms with Crippen LogP contribution in [0.4, 0.5) is 0 Å². The molecule has 0 aromatic carbocycles. The quantitative estimate of drug-likeness (QED) is 0.177. The van der Waals surface area contributed by atoms with Crippen LogP contribution in [0, 0.1) is 41.4 Å². The van der Waals surface area contributed by atoms with Gasteiger partial charge in [-0.15, -0.1) is 0 Å². The van der Waals surface area contributed by atoms with Gasteiger partial charge >= 0.3 is 5.97 Å². The van der Waals surface area contributed by atoms with Crippen molar-refractivity contribution in [2.45, 2.75) is 180 Å². The lowest BCUT2D eigenvalue weighted by Gasteiger charge is -2.52. The van der Waals surface area contributed by atoms with Crippen LogP contribution in [0.15, 0.2) is 12.2 Å². The Morgan fingerprint density at radius 2 is 1.67 bits per heavy atom. The Hall–Kier alpha value is -1.40. The molecule has 10 nitrogen and oxygen atoms in total. The van der Waals surface area contributed by atoms with Crippen molar-refractivity contribution < 1.29 is 49.0 Å². The Labute approximate surface area is 294 Å². The minimum atomic E-state index is -1.08. The van der Waals surface area contributed by atoms with Gasteiger partial charge in [-0.1, -0.05) is 54.5 Å². The van der Waals surface area contributed by atoms with Crippen molar-refractivity contribution in [1.82, 2.24) is 0 Å². The van der Waals surface area contributed by atoms with Crippen molar-refractivity contribution in [1.29, 1.82) is 0 Å². The summed E-state index contributed by atoms with van der Waals surface area (Å²) in [6.07, 6.45) is 5.72. The van der Waals surface area contributed by atoms with E-state index in [0.29, 0.717) is 38.5 Å². The maximum Gasteiger partial charge on any atom is 0.305 e. The van der Waals surface area contributed by atoms with E-state index < -0.39 is 53.6 Å². The molecule has 17 atom stereocenters. The van der Waals surface area contributed by atoms with E-state index in [-0.39, 0.29) is 66.2 Å². The molecular formula is C39H66O10. The molecule has 4 aliphatic rings. The lowest BCUT2D eigenvalue weighted by molar-refractivity contribution is -0.318. The number of rotatable bonds is 13. The molecule has 4 N–H and O–H groups in total. The molecule has 1 spiro atoms. The second-order valence-electron chi connectivity index (χ2n) is 16.6. The van der Waals surface area contributed by atoms with Gasteiger partial charge in [0, 0.05) is 29.6 Å². The fourth-order valence-corrected chi connectivity index (χ4v) is 9.05. The zero-order valence-corrected chi connectivity index (χ0v) is 31.4. The van der Waals surface area contributed by atoms with Gasteiger partial charge in [-0.25, -0.2) is 0 Å². The molecule has 0 aromatic heterocycles. The van der Waals surface area contributed by atoms with Crippen molar-refractivity contribution in [2.24, 2.45) is 41.4 Å². The van der Waals surface area contributed by atoms with E-state index >= 15 is 0 Å². The van der Waals surface area contributed by atoms with Crippen LogP contribution in [0.25, 0.3) is 0 Å². The van der Waals surface area contributed by atoms with Crippen LogP contribution in [-0.2, 0) is 28.5 Å². The first-order valence-corrected chi connectivity index (χ1v) is 19.1. The van der Waals surface area contributed by atoms with Gasteiger partial charge in [0.2, 0.25) is 0 Å². The van der Waals surface area contributed by atoms with Crippen molar-refractivity contribution in [3.8, 4) is 0 Å². The molecule has 4 heterocycles. The van der Waals surface area contributed by atoms with Crippen LogP contribution >= 0.6 is 0 Å². The van der Waals surface area contributed by atoms with Gasteiger partial charge in [0.25, 0.3) is 0 Å². The van der Waals surface area contributed by atoms with E-state index in [2.05, 4.69) is 33.8 Å². The van der Waals surface area contributed by atoms with Crippen LogP contribution in [0.3, 0.4) is 0 Å². The lowest BCUT2D eigenvalue weighted by atomic mass is 9.72. The van der Waals surface area contributed by atoms with Gasteiger partial charge < -0.3 is 39.4 Å². The largest absolute Gasteiger partial charge is 0.481 e. The Balaban J connectivity index is 1.44. The third-order valence-electron chi connectivity index (χ3n) is 12.6. The van der Waals surface area contributed by atoms with Crippen molar-refractivity contribution in [3.05, 3.63) is 12.2 Å². The van der Waals surface area contributed by atoms with Crippen LogP contribution in [0.2, 0.25) is 0 Å². The Bertz CT molecular complexity index is 1140. The molecule has 1 unspecified atom stereocenters. The van der Waals surface area contributed by atoms with Gasteiger partial charge in [0.1, 0.15) is 5.78 Å². The maximum atomic E-state index is 14.2. The molecule has 0 amide bonds. The highest BCUT2D eigenvalue weighted by molar-refractivity contribution is 5.84. The molecule has 10 heteroatoms. The standard InChI is InChI=1S/C39H66O10/c1-10-29(35(44)25(6)34(43)26(7)36-22(3)11-12-28(47-36)20-33(41)42)37-23(4)19-24(5)39(49-37)18-15-21(2)31(48-39)16-17-38(9,45)32-14-13-30(40)27(8)46-32/h15,18,21-32,34,36-37,40,43,45H,10-14,16-17,19-20H2,1-9H3,(H,41,42)/t21-,22+,23+,24-,25+,26+,27+,28-,29+,30-,31+,32-,34-,36-,37+,38?,39-/m1/s1. The Morgan fingerprint density at radius 1 is 0.980 bits per heavy atom. The fourth-order valence-electron chi connectivity index (χ4n) is 9.05. The molecule has 49 heavy (non-hydrogen) atoms. The van der Waals surface area contributed by atoms with Gasteiger partial charge in [0.05, 0.1) is 60.9 Å². The summed E-state index contributed by atoms with van der Waals surface area (Å²) in [5.41, 5.74) is -1.08. The van der Waals surface area contributed by atoms with Gasteiger partial charge in [0.15, 0.2) is 5.79 Å². The highest BCUT2D eigenvalue weighted by atomic mass is 16.7. The molecule has 282 valence electrons. The van der Waals surface area contributed by atoms with Gasteiger partial charge in [-0.2, -0.15) is 0 Å². The molecule has 0 aliphatic carbocycles. The van der Waals surface area contributed by atoms with Crippen LogP contribution in [-0.4, -0.2) is 92.4 Å². The number of carboxylic acids is 1. The van der Waals surface area contributed by atoms with Crippen molar-refractivity contribution in [3.63, 3.8) is 0 Å². The highest BCUT2D eigenvalue weighted by Gasteiger charge is 2.52. The van der Waals surface area contributed by atoms with Crippen LogP contribution < -0.4 is 0 Å². The molecule has 4 rings (SSSR count). The van der Waals surface area contributed by atoms with E-state index in [1.54, 1.807) is 6.92 Å². The minimum absolute atomic E-state index is 0.0360. The summed E-state index contributed by atoms with van der Waals surface area (Å²) >= 11 is 0. The van der Waals surface area contributed by atoms with Gasteiger partial charge in [-0.05, 0) is 83.1 Å². The Morgan fingerprint density at radius 3 is 2.31 bits per heavy atom. The summed E-state index contributed by atoms with van der Waals surface area (Å²) in [7, 11) is 0. The number of carboxylic acid groups (broad SMARTS) is 1. The van der Waals surface area contributed by atoms with Gasteiger partial charge in [-0.3, -0.25) is 9.59 Å². The SMILES string of the molecule is CC[C@@H](C(=O)[C@@H](C)[C@@H](O)[C@H](C)[C@@H]1O[C@@H](CC(=O)O)CC[C@@H]1C)[C@H]1O[C@]2(C=C[C@@H](C)[C@H](CCC(C)(O)[C@H]3CC[C@@H](O)[C@H](C)O3)O2)[C@H](C)C[C@@H]1C. The lowest BCUT2D eigenvalue weighted by Crippen LogP contribution is -2.57. The van der Waals surface area contributed by atoms with Crippen molar-refractivity contribution >= 4 is 11.8 Å². The first kappa shape index (κ1) is 40.4. The fraction of sp³-hybridized carbons (Fsp3) is 0.897. The third kappa shape index (κ3) is 9.16. The average molecular weight is 695 g/mol.